The van der Waals surface area contributed by atoms with Gasteiger partial charge in [0.15, 0.2) is 0 Å². The molecule has 0 spiro atoms. The summed E-state index contributed by atoms with van der Waals surface area (Å²) in [5.41, 5.74) is 5.26. The Labute approximate surface area is 177 Å². The van der Waals surface area contributed by atoms with Crippen LogP contribution in [0.4, 0.5) is 5.69 Å². The quantitative estimate of drug-likeness (QED) is 0.474. The Bertz CT molecular complexity index is 1420. The molecule has 8 heteroatoms. The second-order valence-corrected chi connectivity index (χ2v) is 7.17. The SMILES string of the molecule is Cc1ccc(-c2nc(-c3cnccc3C)no2)cc1NC(=O)c1cnc2ccccn12. The van der Waals surface area contributed by atoms with E-state index < -0.39 is 0 Å². The minimum atomic E-state index is -0.254. The van der Waals surface area contributed by atoms with Crippen LogP contribution in [-0.4, -0.2) is 30.4 Å². The average molecular weight is 410 g/mol. The van der Waals surface area contributed by atoms with Gasteiger partial charge in [-0.3, -0.25) is 14.2 Å². The minimum Gasteiger partial charge on any atom is -0.334 e. The third kappa shape index (κ3) is 3.44. The monoisotopic (exact) mass is 410 g/mol. The van der Waals surface area contributed by atoms with Gasteiger partial charge in [-0.05, 0) is 55.3 Å². The van der Waals surface area contributed by atoms with Crippen molar-refractivity contribution >= 4 is 17.2 Å². The number of amides is 1. The molecule has 1 amide bonds. The second-order valence-electron chi connectivity index (χ2n) is 7.17. The Morgan fingerprint density at radius 3 is 2.84 bits per heavy atom. The Morgan fingerprint density at radius 1 is 1.06 bits per heavy atom. The lowest BCUT2D eigenvalue weighted by Gasteiger charge is -2.09. The Balaban J connectivity index is 1.45. The summed E-state index contributed by atoms with van der Waals surface area (Å²) in [5.74, 6) is 0.581. The number of imidazole rings is 1. The van der Waals surface area contributed by atoms with E-state index in [1.165, 1.54) is 0 Å². The van der Waals surface area contributed by atoms with Gasteiger partial charge in [0.25, 0.3) is 11.8 Å². The van der Waals surface area contributed by atoms with Crippen LogP contribution < -0.4 is 5.32 Å². The molecular formula is C23H18N6O2. The highest BCUT2D eigenvalue weighted by molar-refractivity contribution is 6.04. The molecule has 4 heterocycles. The van der Waals surface area contributed by atoms with E-state index in [2.05, 4.69) is 25.4 Å². The summed E-state index contributed by atoms with van der Waals surface area (Å²) in [6.07, 6.45) is 6.80. The first-order chi connectivity index (χ1) is 15.1. The highest BCUT2D eigenvalue weighted by Crippen LogP contribution is 2.27. The van der Waals surface area contributed by atoms with E-state index in [-0.39, 0.29) is 5.91 Å². The van der Waals surface area contributed by atoms with Crippen LogP contribution in [0.3, 0.4) is 0 Å². The third-order valence-corrected chi connectivity index (χ3v) is 5.09. The fourth-order valence-electron chi connectivity index (χ4n) is 3.32. The number of carbonyl (C=O) groups is 1. The van der Waals surface area contributed by atoms with Gasteiger partial charge in [-0.15, -0.1) is 0 Å². The van der Waals surface area contributed by atoms with Gasteiger partial charge >= 0.3 is 0 Å². The van der Waals surface area contributed by atoms with Crippen LogP contribution in [0.5, 0.6) is 0 Å². The smallest absolute Gasteiger partial charge is 0.274 e. The Hall–Kier alpha value is -4.33. The third-order valence-electron chi connectivity index (χ3n) is 5.09. The maximum absolute atomic E-state index is 12.9. The number of nitrogens with zero attached hydrogens (tertiary/aromatic N) is 5. The summed E-state index contributed by atoms with van der Waals surface area (Å²) >= 11 is 0. The highest BCUT2D eigenvalue weighted by atomic mass is 16.5. The number of anilines is 1. The summed E-state index contributed by atoms with van der Waals surface area (Å²) in [6.45, 7) is 3.89. The fraction of sp³-hybridized carbons (Fsp3) is 0.0870. The normalized spacial score (nSPS) is 11.0. The molecule has 0 saturated carbocycles. The fourth-order valence-corrected chi connectivity index (χ4v) is 3.32. The molecular weight excluding hydrogens is 392 g/mol. The second kappa shape index (κ2) is 7.49. The molecule has 0 aliphatic carbocycles. The van der Waals surface area contributed by atoms with E-state index in [1.54, 1.807) is 29.2 Å². The standard InChI is InChI=1S/C23H18N6O2/c1-14-8-9-24-12-17(14)21-27-23(31-28-21)16-7-6-15(2)18(11-16)26-22(30)19-13-25-20-5-3-4-10-29(19)20/h3-13H,1-2H3,(H,26,30). The van der Waals surface area contributed by atoms with Crippen LogP contribution in [0.25, 0.3) is 28.5 Å². The van der Waals surface area contributed by atoms with Crippen molar-refractivity contribution in [2.45, 2.75) is 13.8 Å². The number of benzene rings is 1. The van der Waals surface area contributed by atoms with Gasteiger partial charge in [0.2, 0.25) is 5.82 Å². The number of aryl methyl sites for hydroxylation is 2. The lowest BCUT2D eigenvalue weighted by atomic mass is 10.1. The molecule has 5 rings (SSSR count). The van der Waals surface area contributed by atoms with Crippen molar-refractivity contribution in [3.05, 3.63) is 84.1 Å². The molecule has 0 saturated heterocycles. The van der Waals surface area contributed by atoms with E-state index in [9.17, 15) is 4.79 Å². The van der Waals surface area contributed by atoms with E-state index in [4.69, 9.17) is 4.52 Å². The predicted octanol–water partition coefficient (Wildman–Crippen LogP) is 4.32. The first kappa shape index (κ1) is 18.7. The molecule has 8 nitrogen and oxygen atoms in total. The number of pyridine rings is 2. The van der Waals surface area contributed by atoms with Gasteiger partial charge in [0.1, 0.15) is 11.3 Å². The summed E-state index contributed by atoms with van der Waals surface area (Å²) in [7, 11) is 0. The molecule has 0 aliphatic heterocycles. The number of aromatic nitrogens is 5. The van der Waals surface area contributed by atoms with Crippen LogP contribution in [0, 0.1) is 13.8 Å². The number of hydrogen-bond acceptors (Lipinski definition) is 6. The van der Waals surface area contributed by atoms with Gasteiger partial charge in [0, 0.05) is 35.4 Å². The zero-order valence-electron chi connectivity index (χ0n) is 16.9. The van der Waals surface area contributed by atoms with Crippen molar-refractivity contribution in [2.24, 2.45) is 0 Å². The molecule has 31 heavy (non-hydrogen) atoms. The molecule has 0 bridgehead atoms. The van der Waals surface area contributed by atoms with E-state index >= 15 is 0 Å². The van der Waals surface area contributed by atoms with Crippen molar-refractivity contribution in [2.75, 3.05) is 5.32 Å². The number of fused-ring (bicyclic) bond motifs is 1. The van der Waals surface area contributed by atoms with E-state index in [1.807, 2.05) is 56.3 Å². The van der Waals surface area contributed by atoms with Gasteiger partial charge in [-0.25, -0.2) is 4.98 Å². The number of carbonyl (C=O) groups excluding carboxylic acids is 1. The van der Waals surface area contributed by atoms with Gasteiger partial charge in [-0.2, -0.15) is 4.98 Å². The highest BCUT2D eigenvalue weighted by Gasteiger charge is 2.16. The number of rotatable bonds is 4. The summed E-state index contributed by atoms with van der Waals surface area (Å²) in [4.78, 5) is 25.8. The van der Waals surface area contributed by atoms with Crippen LogP contribution in [0.2, 0.25) is 0 Å². The van der Waals surface area contributed by atoms with Crippen LogP contribution in [0.1, 0.15) is 21.6 Å². The molecule has 0 radical (unpaired) electrons. The van der Waals surface area contributed by atoms with Crippen molar-refractivity contribution in [1.82, 2.24) is 24.5 Å². The predicted molar refractivity (Wildman–Crippen MR) is 116 cm³/mol. The topological polar surface area (TPSA) is 98.2 Å². The number of hydrogen-bond donors (Lipinski definition) is 1. The summed E-state index contributed by atoms with van der Waals surface area (Å²) in [6, 6.07) is 13.1. The molecule has 1 N–H and O–H groups in total. The van der Waals surface area contributed by atoms with E-state index in [0.717, 1.165) is 16.7 Å². The maximum atomic E-state index is 12.9. The molecule has 1 aromatic carbocycles. The summed E-state index contributed by atoms with van der Waals surface area (Å²) < 4.78 is 7.22. The lowest BCUT2D eigenvalue weighted by molar-refractivity contribution is 0.102. The average Bonchev–Trinajstić information content (AvgIpc) is 3.43. The molecule has 152 valence electrons. The first-order valence-electron chi connectivity index (χ1n) is 9.69. The van der Waals surface area contributed by atoms with Crippen molar-refractivity contribution in [3.63, 3.8) is 0 Å². The molecule has 0 atom stereocenters. The van der Waals surface area contributed by atoms with Crippen LogP contribution in [0.15, 0.2) is 71.8 Å². The first-order valence-corrected chi connectivity index (χ1v) is 9.69. The molecule has 0 aliphatic rings. The van der Waals surface area contributed by atoms with Crippen molar-refractivity contribution in [3.8, 4) is 22.8 Å². The van der Waals surface area contributed by atoms with Crippen LogP contribution >= 0.6 is 0 Å². The van der Waals surface area contributed by atoms with Crippen LogP contribution in [-0.2, 0) is 0 Å². The zero-order chi connectivity index (χ0) is 21.4. The van der Waals surface area contributed by atoms with Gasteiger partial charge < -0.3 is 9.84 Å². The molecule has 0 unspecified atom stereocenters. The lowest BCUT2D eigenvalue weighted by Crippen LogP contribution is -2.15. The van der Waals surface area contributed by atoms with Crippen molar-refractivity contribution in [1.29, 1.82) is 0 Å². The minimum absolute atomic E-state index is 0.254. The zero-order valence-corrected chi connectivity index (χ0v) is 16.9. The largest absolute Gasteiger partial charge is 0.334 e. The number of nitrogens with one attached hydrogen (secondary N) is 1. The van der Waals surface area contributed by atoms with Gasteiger partial charge in [0.05, 0.1) is 6.20 Å². The Morgan fingerprint density at radius 2 is 1.97 bits per heavy atom. The maximum Gasteiger partial charge on any atom is 0.274 e. The Kier molecular flexibility index (Phi) is 4.51. The van der Waals surface area contributed by atoms with Crippen molar-refractivity contribution < 1.29 is 9.32 Å². The summed E-state index contributed by atoms with van der Waals surface area (Å²) in [5, 5.41) is 7.05. The molecule has 5 aromatic rings. The molecule has 4 aromatic heterocycles. The van der Waals surface area contributed by atoms with E-state index in [0.29, 0.717) is 34.3 Å². The molecule has 0 fully saturated rings. The van der Waals surface area contributed by atoms with Gasteiger partial charge in [-0.1, -0.05) is 17.3 Å².